The van der Waals surface area contributed by atoms with Crippen molar-refractivity contribution >= 4 is 17.7 Å². The van der Waals surface area contributed by atoms with Crippen LogP contribution in [0.1, 0.15) is 38.5 Å². The van der Waals surface area contributed by atoms with Gasteiger partial charge < -0.3 is 15.7 Å². The maximum Gasteiger partial charge on any atom is 0.305 e. The van der Waals surface area contributed by atoms with E-state index in [-0.39, 0.29) is 24.9 Å². The Kier molecular flexibility index (Phi) is 6.18. The largest absolute Gasteiger partial charge is 0.481 e. The fourth-order valence-corrected chi connectivity index (χ4v) is 2.52. The molecule has 0 saturated heterocycles. The van der Waals surface area contributed by atoms with Crippen molar-refractivity contribution in [1.82, 2.24) is 10.6 Å². The second-order valence-electron chi connectivity index (χ2n) is 5.53. The zero-order valence-electron chi connectivity index (χ0n) is 12.7. The summed E-state index contributed by atoms with van der Waals surface area (Å²) in [6.07, 6.45) is 10.6. The number of unbranched alkanes of at least 4 members (excludes halogenated alkanes) is 1. The first kappa shape index (κ1) is 16.3. The predicted molar refractivity (Wildman–Crippen MR) is 84.8 cm³/mol. The summed E-state index contributed by atoms with van der Waals surface area (Å²) in [5.41, 5.74) is 1.18. The molecule has 6 nitrogen and oxygen atoms in total. The molecule has 0 aliphatic carbocycles. The third-order valence-electron chi connectivity index (χ3n) is 3.70. The molecular weight excluding hydrogens is 282 g/mol. The van der Waals surface area contributed by atoms with Crippen LogP contribution in [0.25, 0.3) is 0 Å². The number of carboxylic acid groups (broad SMARTS) is 1. The van der Waals surface area contributed by atoms with Crippen molar-refractivity contribution in [3.8, 4) is 0 Å². The number of amidine groups is 1. The Morgan fingerprint density at radius 3 is 3.05 bits per heavy atom. The van der Waals surface area contributed by atoms with Gasteiger partial charge in [-0.15, -0.1) is 0 Å². The zero-order valence-corrected chi connectivity index (χ0v) is 12.7. The third-order valence-corrected chi connectivity index (χ3v) is 3.70. The second kappa shape index (κ2) is 8.36. The van der Waals surface area contributed by atoms with E-state index in [1.54, 1.807) is 0 Å². The molecule has 0 radical (unpaired) electrons. The lowest BCUT2D eigenvalue weighted by Gasteiger charge is -2.25. The van der Waals surface area contributed by atoms with Gasteiger partial charge in [0.25, 0.3) is 0 Å². The first-order chi connectivity index (χ1) is 10.6. The van der Waals surface area contributed by atoms with Gasteiger partial charge in [0.05, 0.1) is 6.42 Å². The first-order valence-corrected chi connectivity index (χ1v) is 7.83. The molecule has 2 rings (SSSR count). The van der Waals surface area contributed by atoms with Gasteiger partial charge in [0, 0.05) is 31.1 Å². The number of rotatable bonds is 8. The fourth-order valence-electron chi connectivity index (χ4n) is 2.52. The van der Waals surface area contributed by atoms with Gasteiger partial charge in [-0.25, -0.2) is 0 Å². The number of hydrogen-bond acceptors (Lipinski definition) is 4. The van der Waals surface area contributed by atoms with Crippen LogP contribution in [0, 0.1) is 0 Å². The SMILES string of the molecule is O=C(O)CCNC(=O)CCCCC1C=CC2=CCCN=C2N1. The maximum atomic E-state index is 11.5. The Bertz CT molecular complexity index is 509. The quantitative estimate of drug-likeness (QED) is 0.591. The van der Waals surface area contributed by atoms with Gasteiger partial charge in [-0.2, -0.15) is 0 Å². The van der Waals surface area contributed by atoms with E-state index in [1.165, 1.54) is 5.57 Å². The minimum atomic E-state index is -0.894. The van der Waals surface area contributed by atoms with Crippen LogP contribution in [-0.2, 0) is 9.59 Å². The normalized spacial score (nSPS) is 19.5. The molecule has 3 N–H and O–H groups in total. The lowest BCUT2D eigenvalue weighted by atomic mass is 10.0. The summed E-state index contributed by atoms with van der Waals surface area (Å²) in [5, 5.41) is 14.5. The molecule has 2 heterocycles. The van der Waals surface area contributed by atoms with Crippen LogP contribution >= 0.6 is 0 Å². The fraction of sp³-hybridized carbons (Fsp3) is 0.562. The van der Waals surface area contributed by atoms with E-state index in [0.717, 1.165) is 38.1 Å². The summed E-state index contributed by atoms with van der Waals surface area (Å²) in [6.45, 7) is 1.05. The molecule has 120 valence electrons. The van der Waals surface area contributed by atoms with Crippen LogP contribution in [0.5, 0.6) is 0 Å². The van der Waals surface area contributed by atoms with Crippen LogP contribution in [-0.4, -0.2) is 41.9 Å². The number of carbonyl (C=O) groups is 2. The van der Waals surface area contributed by atoms with Crippen LogP contribution in [0.2, 0.25) is 0 Å². The molecule has 1 atom stereocenters. The van der Waals surface area contributed by atoms with E-state index in [2.05, 4.69) is 33.9 Å². The molecule has 0 aromatic carbocycles. The standard InChI is InChI=1S/C16H23N3O3/c20-14(17-11-9-15(21)22)6-2-1-5-13-8-7-12-4-3-10-18-16(12)19-13/h4,7-8,13H,1-3,5-6,9-11H2,(H,17,20)(H,18,19)(H,21,22). The minimum Gasteiger partial charge on any atom is -0.481 e. The smallest absolute Gasteiger partial charge is 0.305 e. The van der Waals surface area contributed by atoms with Crippen LogP contribution in [0.15, 0.2) is 28.8 Å². The Hall–Kier alpha value is -2.11. The number of aliphatic carboxylic acids is 1. The van der Waals surface area contributed by atoms with Crippen molar-refractivity contribution < 1.29 is 14.7 Å². The number of carbonyl (C=O) groups excluding carboxylic acids is 1. The number of aliphatic imine (C=N–C) groups is 1. The molecule has 1 amide bonds. The van der Waals surface area contributed by atoms with Crippen LogP contribution in [0.4, 0.5) is 0 Å². The highest BCUT2D eigenvalue weighted by molar-refractivity contribution is 6.02. The average Bonchev–Trinajstić information content (AvgIpc) is 2.51. The van der Waals surface area contributed by atoms with Crippen molar-refractivity contribution in [2.24, 2.45) is 4.99 Å². The topological polar surface area (TPSA) is 90.8 Å². The minimum absolute atomic E-state index is 0.0273. The van der Waals surface area contributed by atoms with Gasteiger partial charge in [0.15, 0.2) is 0 Å². The lowest BCUT2D eigenvalue weighted by Crippen LogP contribution is -2.38. The monoisotopic (exact) mass is 305 g/mol. The molecule has 0 saturated carbocycles. The van der Waals surface area contributed by atoms with E-state index < -0.39 is 5.97 Å². The van der Waals surface area contributed by atoms with Crippen molar-refractivity contribution in [3.05, 3.63) is 23.8 Å². The molecule has 22 heavy (non-hydrogen) atoms. The predicted octanol–water partition coefficient (Wildman–Crippen LogP) is 1.39. The highest BCUT2D eigenvalue weighted by Crippen LogP contribution is 2.16. The molecular formula is C16H23N3O3. The van der Waals surface area contributed by atoms with Crippen molar-refractivity contribution in [1.29, 1.82) is 0 Å². The number of hydrogen-bond donors (Lipinski definition) is 3. The Morgan fingerprint density at radius 1 is 1.36 bits per heavy atom. The van der Waals surface area contributed by atoms with Gasteiger partial charge in [-0.1, -0.05) is 24.6 Å². The third kappa shape index (κ3) is 5.35. The van der Waals surface area contributed by atoms with E-state index in [1.807, 2.05) is 0 Å². The summed E-state index contributed by atoms with van der Waals surface area (Å²) >= 11 is 0. The number of nitrogens with one attached hydrogen (secondary N) is 2. The van der Waals surface area contributed by atoms with E-state index in [4.69, 9.17) is 5.11 Å². The molecule has 0 bridgehead atoms. The summed E-state index contributed by atoms with van der Waals surface area (Å²) in [5.74, 6) is 0.0231. The zero-order chi connectivity index (χ0) is 15.8. The van der Waals surface area contributed by atoms with E-state index >= 15 is 0 Å². The number of amides is 1. The van der Waals surface area contributed by atoms with Crippen molar-refractivity contribution in [2.75, 3.05) is 13.1 Å². The van der Waals surface area contributed by atoms with Gasteiger partial charge in [-0.3, -0.25) is 14.6 Å². The highest BCUT2D eigenvalue weighted by atomic mass is 16.4. The second-order valence-corrected chi connectivity index (χ2v) is 5.53. The van der Waals surface area contributed by atoms with Crippen LogP contribution < -0.4 is 10.6 Å². The number of nitrogens with zero attached hydrogens (tertiary/aromatic N) is 1. The summed E-state index contributed by atoms with van der Waals surface area (Å²) in [7, 11) is 0. The molecule has 0 aromatic heterocycles. The molecule has 0 fully saturated rings. The summed E-state index contributed by atoms with van der Waals surface area (Å²) < 4.78 is 0. The number of carboxylic acids is 1. The van der Waals surface area contributed by atoms with Crippen molar-refractivity contribution in [2.45, 2.75) is 44.6 Å². The summed E-state index contributed by atoms with van der Waals surface area (Å²) in [6, 6.07) is 0.282. The maximum absolute atomic E-state index is 11.5. The van der Waals surface area contributed by atoms with E-state index in [0.29, 0.717) is 6.42 Å². The molecule has 1 unspecified atom stereocenters. The number of dihydropyridines is 1. The van der Waals surface area contributed by atoms with Crippen molar-refractivity contribution in [3.63, 3.8) is 0 Å². The Labute approximate surface area is 130 Å². The van der Waals surface area contributed by atoms with E-state index in [9.17, 15) is 9.59 Å². The van der Waals surface area contributed by atoms with Gasteiger partial charge >= 0.3 is 5.97 Å². The number of fused-ring (bicyclic) bond motifs is 1. The lowest BCUT2D eigenvalue weighted by molar-refractivity contribution is -0.136. The molecule has 0 spiro atoms. The molecule has 2 aliphatic heterocycles. The Morgan fingerprint density at radius 2 is 2.23 bits per heavy atom. The van der Waals surface area contributed by atoms with Gasteiger partial charge in [0.2, 0.25) is 5.91 Å². The van der Waals surface area contributed by atoms with Gasteiger partial charge in [0.1, 0.15) is 5.84 Å². The summed E-state index contributed by atoms with van der Waals surface area (Å²) in [4.78, 5) is 26.3. The molecule has 6 heteroatoms. The molecule has 0 aromatic rings. The molecule has 2 aliphatic rings. The first-order valence-electron chi connectivity index (χ1n) is 7.83. The highest BCUT2D eigenvalue weighted by Gasteiger charge is 2.17. The average molecular weight is 305 g/mol. The Balaban J connectivity index is 1.59. The van der Waals surface area contributed by atoms with Crippen LogP contribution in [0.3, 0.4) is 0 Å². The van der Waals surface area contributed by atoms with Gasteiger partial charge in [-0.05, 0) is 19.3 Å².